The molecule has 152 valence electrons. The van der Waals surface area contributed by atoms with Crippen LogP contribution in [0, 0.1) is 19.7 Å². The Morgan fingerprint density at radius 1 is 1.07 bits per heavy atom. The van der Waals surface area contributed by atoms with E-state index in [1.54, 1.807) is 19.1 Å². The van der Waals surface area contributed by atoms with Gasteiger partial charge in [0.25, 0.3) is 0 Å². The largest absolute Gasteiger partial charge is 0.353 e. The third-order valence-corrected chi connectivity index (χ3v) is 4.53. The predicted molar refractivity (Wildman–Crippen MR) is 111 cm³/mol. The summed E-state index contributed by atoms with van der Waals surface area (Å²) in [4.78, 5) is 29.7. The Morgan fingerprint density at radius 2 is 1.77 bits per heavy atom. The maximum atomic E-state index is 13.8. The van der Waals surface area contributed by atoms with Gasteiger partial charge in [-0.05, 0) is 37.6 Å². The smallest absolute Gasteiger partial charge is 0.325 e. The molecule has 0 aliphatic rings. The molecule has 2 N–H and O–H groups in total. The number of carbonyl (C=O) groups is 1. The van der Waals surface area contributed by atoms with E-state index in [4.69, 9.17) is 0 Å². The second kappa shape index (κ2) is 7.78. The number of aromatic nitrogens is 4. The summed E-state index contributed by atoms with van der Waals surface area (Å²) in [5, 5.41) is 9.84. The number of para-hydroxylation sites is 2. The number of fused-ring (bicyclic) bond motifs is 1. The first-order valence-electron chi connectivity index (χ1n) is 9.26. The Bertz CT molecular complexity index is 1310. The molecule has 1 amide bonds. The van der Waals surface area contributed by atoms with Crippen molar-refractivity contribution in [3.63, 3.8) is 0 Å². The van der Waals surface area contributed by atoms with Gasteiger partial charge in [0, 0.05) is 17.4 Å². The number of rotatable bonds is 5. The molecular weight excluding hydrogens is 387 g/mol. The van der Waals surface area contributed by atoms with E-state index < -0.39 is 17.4 Å². The van der Waals surface area contributed by atoms with E-state index in [2.05, 4.69) is 20.7 Å². The van der Waals surface area contributed by atoms with Crippen LogP contribution in [-0.2, 0) is 11.3 Å². The van der Waals surface area contributed by atoms with Crippen LogP contribution in [0.5, 0.6) is 0 Å². The van der Waals surface area contributed by atoms with Crippen LogP contribution in [0.15, 0.2) is 59.4 Å². The van der Waals surface area contributed by atoms with Gasteiger partial charge in [0.05, 0.1) is 5.69 Å². The highest BCUT2D eigenvalue weighted by Crippen LogP contribution is 2.19. The molecule has 0 aliphatic heterocycles. The highest BCUT2D eigenvalue weighted by atomic mass is 19.1. The van der Waals surface area contributed by atoms with Crippen LogP contribution in [0.3, 0.4) is 0 Å². The molecule has 0 atom stereocenters. The second-order valence-electron chi connectivity index (χ2n) is 6.82. The van der Waals surface area contributed by atoms with E-state index in [1.165, 1.54) is 22.6 Å². The lowest BCUT2D eigenvalue weighted by Crippen LogP contribution is -2.29. The lowest BCUT2D eigenvalue weighted by atomic mass is 10.2. The summed E-state index contributed by atoms with van der Waals surface area (Å²) in [6.45, 7) is 3.36. The van der Waals surface area contributed by atoms with Gasteiger partial charge in [0.15, 0.2) is 5.65 Å². The lowest BCUT2D eigenvalue weighted by molar-refractivity contribution is -0.117. The average Bonchev–Trinajstić information content (AvgIpc) is 3.00. The second-order valence-corrected chi connectivity index (χ2v) is 6.82. The van der Waals surface area contributed by atoms with Gasteiger partial charge in [0.1, 0.15) is 12.4 Å². The van der Waals surface area contributed by atoms with Crippen LogP contribution >= 0.6 is 0 Å². The van der Waals surface area contributed by atoms with Crippen molar-refractivity contribution in [2.24, 2.45) is 0 Å². The normalized spacial score (nSPS) is 10.9. The molecule has 0 aliphatic carbocycles. The number of anilines is 3. The third kappa shape index (κ3) is 3.77. The number of nitrogens with zero attached hydrogens (tertiary/aromatic N) is 4. The number of hydrogen-bond acceptors (Lipinski definition) is 5. The summed E-state index contributed by atoms with van der Waals surface area (Å²) >= 11 is 0. The summed E-state index contributed by atoms with van der Waals surface area (Å²) < 4.78 is 16.1. The minimum absolute atomic E-state index is 0.0405. The van der Waals surface area contributed by atoms with Gasteiger partial charge in [-0.15, -0.1) is 5.10 Å². The fourth-order valence-electron chi connectivity index (χ4n) is 3.06. The fourth-order valence-corrected chi connectivity index (χ4v) is 3.06. The van der Waals surface area contributed by atoms with Crippen LogP contribution in [0.2, 0.25) is 0 Å². The van der Waals surface area contributed by atoms with Crippen molar-refractivity contribution in [2.75, 3.05) is 10.6 Å². The first-order valence-corrected chi connectivity index (χ1v) is 9.26. The zero-order valence-corrected chi connectivity index (χ0v) is 16.4. The molecule has 0 unspecified atom stereocenters. The zero-order valence-electron chi connectivity index (χ0n) is 16.4. The molecule has 8 nitrogen and oxygen atoms in total. The van der Waals surface area contributed by atoms with E-state index in [0.717, 1.165) is 15.9 Å². The number of benzene rings is 2. The van der Waals surface area contributed by atoms with E-state index in [0.29, 0.717) is 17.3 Å². The topological polar surface area (TPSA) is 93.3 Å². The number of hydrogen-bond donors (Lipinski definition) is 2. The van der Waals surface area contributed by atoms with Crippen molar-refractivity contribution in [3.05, 3.63) is 82.2 Å². The maximum Gasteiger partial charge on any atom is 0.353 e. The first-order chi connectivity index (χ1) is 14.4. The Morgan fingerprint density at radius 3 is 2.50 bits per heavy atom. The number of halogens is 1. The molecule has 0 radical (unpaired) electrons. The SMILES string of the molecule is Cc1cc2nn(CC(=O)Nc3ccccc3F)c(=O)n2c(Nc2ccccc2C)n1. The molecule has 0 fully saturated rings. The average molecular weight is 406 g/mol. The highest BCUT2D eigenvalue weighted by molar-refractivity contribution is 5.90. The Kier molecular flexibility index (Phi) is 5.01. The van der Waals surface area contributed by atoms with Gasteiger partial charge < -0.3 is 10.6 Å². The molecule has 0 saturated carbocycles. The van der Waals surface area contributed by atoms with E-state index in [1.807, 2.05) is 31.2 Å². The van der Waals surface area contributed by atoms with Crippen molar-refractivity contribution in [3.8, 4) is 0 Å². The van der Waals surface area contributed by atoms with Crippen LogP contribution in [0.1, 0.15) is 11.3 Å². The molecule has 0 spiro atoms. The van der Waals surface area contributed by atoms with Gasteiger partial charge in [-0.2, -0.15) is 0 Å². The van der Waals surface area contributed by atoms with Crippen molar-refractivity contribution in [1.29, 1.82) is 0 Å². The number of nitrogens with one attached hydrogen (secondary N) is 2. The molecule has 30 heavy (non-hydrogen) atoms. The number of aryl methyl sites for hydroxylation is 2. The van der Waals surface area contributed by atoms with Crippen molar-refractivity contribution < 1.29 is 9.18 Å². The summed E-state index contributed by atoms with van der Waals surface area (Å²) in [6, 6.07) is 15.1. The zero-order chi connectivity index (χ0) is 21.3. The Labute approximate surface area is 171 Å². The van der Waals surface area contributed by atoms with Crippen LogP contribution in [0.4, 0.5) is 21.7 Å². The van der Waals surface area contributed by atoms with Gasteiger partial charge >= 0.3 is 5.69 Å². The first kappa shape index (κ1) is 19.3. The van der Waals surface area contributed by atoms with Gasteiger partial charge in [0.2, 0.25) is 11.9 Å². The molecule has 0 bridgehead atoms. The van der Waals surface area contributed by atoms with E-state index in [9.17, 15) is 14.0 Å². The minimum atomic E-state index is -0.566. The molecule has 9 heteroatoms. The standard InChI is InChI=1S/C21H19FN6O2/c1-13-7-3-5-9-16(13)25-20-23-14(2)11-18-26-27(21(30)28(18)20)12-19(29)24-17-10-6-4-8-15(17)22/h3-11H,12H2,1-2H3,(H,23,25)(H,24,29). The lowest BCUT2D eigenvalue weighted by Gasteiger charge is -2.10. The Hall–Kier alpha value is -4.01. The third-order valence-electron chi connectivity index (χ3n) is 4.53. The summed E-state index contributed by atoms with van der Waals surface area (Å²) in [5.41, 5.74) is 2.30. The van der Waals surface area contributed by atoms with E-state index >= 15 is 0 Å². The number of carbonyl (C=O) groups excluding carboxylic acids is 1. The number of amides is 1. The predicted octanol–water partition coefficient (Wildman–Crippen LogP) is 3.03. The van der Waals surface area contributed by atoms with Gasteiger partial charge in [-0.1, -0.05) is 30.3 Å². The fraction of sp³-hybridized carbons (Fsp3) is 0.143. The maximum absolute atomic E-state index is 13.8. The van der Waals surface area contributed by atoms with Gasteiger partial charge in [-0.25, -0.2) is 23.3 Å². The van der Waals surface area contributed by atoms with E-state index in [-0.39, 0.29) is 12.2 Å². The van der Waals surface area contributed by atoms with Crippen molar-refractivity contribution in [2.45, 2.75) is 20.4 Å². The molecule has 4 aromatic rings. The quantitative estimate of drug-likeness (QED) is 0.531. The van der Waals surface area contributed by atoms with Crippen LogP contribution in [0.25, 0.3) is 5.65 Å². The summed E-state index contributed by atoms with van der Waals surface area (Å²) in [7, 11) is 0. The van der Waals surface area contributed by atoms with Gasteiger partial charge in [-0.3, -0.25) is 4.79 Å². The molecule has 2 aromatic carbocycles. The highest BCUT2D eigenvalue weighted by Gasteiger charge is 2.16. The van der Waals surface area contributed by atoms with Crippen molar-refractivity contribution in [1.82, 2.24) is 19.2 Å². The monoisotopic (exact) mass is 406 g/mol. The molecule has 4 rings (SSSR count). The van der Waals surface area contributed by atoms with Crippen LogP contribution in [-0.4, -0.2) is 25.1 Å². The molecule has 2 aromatic heterocycles. The van der Waals surface area contributed by atoms with Crippen LogP contribution < -0.4 is 16.3 Å². The minimum Gasteiger partial charge on any atom is -0.325 e. The molecule has 2 heterocycles. The Balaban J connectivity index is 1.67. The molecule has 0 saturated heterocycles. The van der Waals surface area contributed by atoms with Crippen molar-refractivity contribution >= 4 is 28.9 Å². The summed E-state index contributed by atoms with van der Waals surface area (Å²) in [6.07, 6.45) is 0. The molecular formula is C21H19FN6O2. The summed E-state index contributed by atoms with van der Waals surface area (Å²) in [5.74, 6) is -0.827.